The molecule has 0 saturated heterocycles. The van der Waals surface area contributed by atoms with Crippen molar-refractivity contribution < 1.29 is 18.0 Å². The van der Waals surface area contributed by atoms with Crippen LogP contribution in [-0.2, 0) is 16.4 Å². The molecule has 8 heteroatoms. The first-order valence-electron chi connectivity index (χ1n) is 9.20. The quantitative estimate of drug-likeness (QED) is 0.541. The van der Waals surface area contributed by atoms with Crippen molar-refractivity contribution in [3.05, 3.63) is 95.6 Å². The van der Waals surface area contributed by atoms with Crippen LogP contribution in [0.15, 0.2) is 83.8 Å². The Balaban J connectivity index is 1.61. The van der Waals surface area contributed by atoms with Gasteiger partial charge in [0, 0.05) is 12.1 Å². The van der Waals surface area contributed by atoms with Crippen LogP contribution in [0, 0.1) is 0 Å². The van der Waals surface area contributed by atoms with Crippen LogP contribution in [0.5, 0.6) is 0 Å². The van der Waals surface area contributed by atoms with Gasteiger partial charge in [-0.1, -0.05) is 42.5 Å². The first-order chi connectivity index (χ1) is 14.3. The first kappa shape index (κ1) is 21.2. The van der Waals surface area contributed by atoms with E-state index in [1.54, 1.807) is 60.7 Å². The van der Waals surface area contributed by atoms with Crippen molar-refractivity contribution in [2.75, 3.05) is 11.9 Å². The molecule has 0 fully saturated rings. The van der Waals surface area contributed by atoms with E-state index in [9.17, 15) is 18.0 Å². The van der Waals surface area contributed by atoms with Crippen LogP contribution >= 0.6 is 0 Å². The molecule has 0 bridgehead atoms. The average molecular weight is 423 g/mol. The molecule has 0 heterocycles. The van der Waals surface area contributed by atoms with Crippen molar-refractivity contribution >= 4 is 27.5 Å². The van der Waals surface area contributed by atoms with E-state index in [0.29, 0.717) is 29.8 Å². The third kappa shape index (κ3) is 5.53. The van der Waals surface area contributed by atoms with Crippen molar-refractivity contribution in [1.29, 1.82) is 0 Å². The van der Waals surface area contributed by atoms with E-state index >= 15 is 0 Å². The minimum atomic E-state index is -3.73. The summed E-state index contributed by atoms with van der Waals surface area (Å²) in [6.07, 6.45) is 0.509. The monoisotopic (exact) mass is 423 g/mol. The molecule has 0 aliphatic heterocycles. The van der Waals surface area contributed by atoms with Crippen molar-refractivity contribution in [3.63, 3.8) is 0 Å². The highest BCUT2D eigenvalue weighted by Gasteiger charge is 2.14. The molecule has 0 aliphatic carbocycles. The molecule has 3 rings (SSSR count). The van der Waals surface area contributed by atoms with E-state index in [-0.39, 0.29) is 16.7 Å². The third-order valence-corrected chi connectivity index (χ3v) is 5.34. The van der Waals surface area contributed by atoms with E-state index in [1.807, 2.05) is 6.07 Å². The number of nitrogens with two attached hydrogens (primary N) is 1. The summed E-state index contributed by atoms with van der Waals surface area (Å²) in [7, 11) is -3.73. The topological polar surface area (TPSA) is 118 Å². The fraction of sp³-hybridized carbons (Fsp3) is 0.0909. The number of nitrogens with one attached hydrogen (secondary N) is 2. The Kier molecular flexibility index (Phi) is 6.61. The van der Waals surface area contributed by atoms with E-state index in [2.05, 4.69) is 10.6 Å². The minimum absolute atomic E-state index is 0.0402. The van der Waals surface area contributed by atoms with Crippen molar-refractivity contribution in [1.82, 2.24) is 5.32 Å². The van der Waals surface area contributed by atoms with E-state index in [1.165, 1.54) is 12.1 Å². The van der Waals surface area contributed by atoms with Crippen molar-refractivity contribution in [2.24, 2.45) is 5.14 Å². The van der Waals surface area contributed by atoms with Crippen molar-refractivity contribution in [2.45, 2.75) is 11.3 Å². The number of hydrogen-bond donors (Lipinski definition) is 3. The molecule has 0 aliphatic rings. The first-order valence-corrected chi connectivity index (χ1v) is 10.7. The maximum absolute atomic E-state index is 12.6. The van der Waals surface area contributed by atoms with Gasteiger partial charge in [-0.25, -0.2) is 13.6 Å². The van der Waals surface area contributed by atoms with Crippen LogP contribution in [-0.4, -0.2) is 26.8 Å². The molecule has 2 amide bonds. The molecule has 154 valence electrons. The predicted octanol–water partition coefficient (Wildman–Crippen LogP) is 2.56. The molecule has 0 radical (unpaired) electrons. The Hall–Kier alpha value is -3.49. The Morgan fingerprint density at radius 1 is 0.800 bits per heavy atom. The van der Waals surface area contributed by atoms with Gasteiger partial charge in [-0.3, -0.25) is 9.59 Å². The number of sulfonamides is 1. The molecule has 0 spiro atoms. The second-order valence-electron chi connectivity index (χ2n) is 6.56. The number of benzene rings is 3. The van der Waals surface area contributed by atoms with E-state index in [0.717, 1.165) is 5.56 Å². The summed E-state index contributed by atoms with van der Waals surface area (Å²) in [5.74, 6) is -0.620. The molecule has 0 unspecified atom stereocenters. The summed E-state index contributed by atoms with van der Waals surface area (Å²) in [5.41, 5.74) is 2.12. The number of anilines is 1. The van der Waals surface area contributed by atoms with Gasteiger partial charge in [-0.15, -0.1) is 0 Å². The summed E-state index contributed by atoms with van der Waals surface area (Å²) in [6, 6.07) is 21.7. The van der Waals surface area contributed by atoms with Gasteiger partial charge in [-0.2, -0.15) is 0 Å². The molecule has 0 atom stereocenters. The maximum Gasteiger partial charge on any atom is 0.255 e. The Morgan fingerprint density at radius 2 is 1.43 bits per heavy atom. The predicted molar refractivity (Wildman–Crippen MR) is 115 cm³/mol. The summed E-state index contributed by atoms with van der Waals surface area (Å²) < 4.78 is 22.6. The highest BCUT2D eigenvalue weighted by atomic mass is 32.2. The van der Waals surface area contributed by atoms with Gasteiger partial charge >= 0.3 is 0 Å². The number of carbonyl (C=O) groups excluding carboxylic acids is 2. The maximum atomic E-state index is 12.6. The zero-order valence-corrected chi connectivity index (χ0v) is 16.9. The van der Waals surface area contributed by atoms with Crippen LogP contribution in [0.3, 0.4) is 0 Å². The van der Waals surface area contributed by atoms with Gasteiger partial charge in [0.05, 0.1) is 16.1 Å². The fourth-order valence-electron chi connectivity index (χ4n) is 2.84. The molecule has 30 heavy (non-hydrogen) atoms. The Labute approximate surface area is 175 Å². The molecule has 7 nitrogen and oxygen atoms in total. The highest BCUT2D eigenvalue weighted by Crippen LogP contribution is 2.16. The minimum Gasteiger partial charge on any atom is -0.352 e. The molecule has 0 aromatic heterocycles. The zero-order valence-electron chi connectivity index (χ0n) is 16.0. The normalized spacial score (nSPS) is 11.0. The smallest absolute Gasteiger partial charge is 0.255 e. The summed E-state index contributed by atoms with van der Waals surface area (Å²) >= 11 is 0. The van der Waals surface area contributed by atoms with Gasteiger partial charge in [0.15, 0.2) is 0 Å². The Bertz CT molecular complexity index is 1140. The third-order valence-electron chi connectivity index (χ3n) is 4.41. The van der Waals surface area contributed by atoms with Crippen LogP contribution < -0.4 is 15.8 Å². The number of amides is 2. The zero-order chi connectivity index (χ0) is 21.6. The molecule has 3 aromatic rings. The number of para-hydroxylation sites is 1. The summed E-state index contributed by atoms with van der Waals surface area (Å²) in [6.45, 7) is 0.342. The van der Waals surface area contributed by atoms with Gasteiger partial charge in [0.2, 0.25) is 10.0 Å². The number of carbonyl (C=O) groups is 2. The van der Waals surface area contributed by atoms with Gasteiger partial charge < -0.3 is 10.6 Å². The van der Waals surface area contributed by atoms with E-state index < -0.39 is 10.0 Å². The molecule has 3 aromatic carbocycles. The number of rotatable bonds is 7. The second kappa shape index (κ2) is 9.34. The lowest BCUT2D eigenvalue weighted by Gasteiger charge is -2.12. The molecular formula is C22H21N3O4S. The molecular weight excluding hydrogens is 402 g/mol. The van der Waals surface area contributed by atoms with Crippen LogP contribution in [0.4, 0.5) is 5.69 Å². The summed E-state index contributed by atoms with van der Waals surface area (Å²) in [4.78, 5) is 25.0. The lowest BCUT2D eigenvalue weighted by atomic mass is 10.1. The van der Waals surface area contributed by atoms with Gasteiger partial charge in [0.25, 0.3) is 11.8 Å². The molecule has 0 saturated carbocycles. The van der Waals surface area contributed by atoms with Crippen LogP contribution in [0.2, 0.25) is 0 Å². The lowest BCUT2D eigenvalue weighted by molar-refractivity contribution is 0.0955. The second-order valence-corrected chi connectivity index (χ2v) is 8.12. The number of primary sulfonamides is 1. The number of hydrogen-bond acceptors (Lipinski definition) is 4. The summed E-state index contributed by atoms with van der Waals surface area (Å²) in [5, 5.41) is 10.7. The SMILES string of the molecule is NS(=O)(=O)c1ccc(CCNC(=O)c2ccccc2NC(=O)c2ccccc2)cc1. The van der Waals surface area contributed by atoms with Crippen molar-refractivity contribution in [3.8, 4) is 0 Å². The largest absolute Gasteiger partial charge is 0.352 e. The van der Waals surface area contributed by atoms with Crippen LogP contribution in [0.1, 0.15) is 26.3 Å². The van der Waals surface area contributed by atoms with Gasteiger partial charge in [0.1, 0.15) is 0 Å². The average Bonchev–Trinajstić information content (AvgIpc) is 2.74. The highest BCUT2D eigenvalue weighted by molar-refractivity contribution is 7.89. The standard InChI is InChI=1S/C22H21N3O4S/c23-30(28,29)18-12-10-16(11-13-18)14-15-24-22(27)19-8-4-5-9-20(19)25-21(26)17-6-2-1-3-7-17/h1-13H,14-15H2,(H,24,27)(H,25,26)(H2,23,28,29). The lowest BCUT2D eigenvalue weighted by Crippen LogP contribution is -2.27. The van der Waals surface area contributed by atoms with Crippen LogP contribution in [0.25, 0.3) is 0 Å². The van der Waals surface area contributed by atoms with Gasteiger partial charge in [-0.05, 0) is 48.4 Å². The molecule has 4 N–H and O–H groups in total. The van der Waals surface area contributed by atoms with E-state index in [4.69, 9.17) is 5.14 Å². The Morgan fingerprint density at radius 3 is 2.10 bits per heavy atom. The fourth-order valence-corrected chi connectivity index (χ4v) is 3.35.